The van der Waals surface area contributed by atoms with Crippen molar-refractivity contribution in [2.75, 3.05) is 32.1 Å². The number of pyridine rings is 1. The van der Waals surface area contributed by atoms with E-state index in [0.717, 1.165) is 31.2 Å². The number of nitrogens with zero attached hydrogens (tertiary/aromatic N) is 2. The highest BCUT2D eigenvalue weighted by molar-refractivity contribution is 7.80. The molecule has 6 heteroatoms. The van der Waals surface area contributed by atoms with Crippen molar-refractivity contribution in [3.05, 3.63) is 18.3 Å². The molecule has 0 spiro atoms. The number of nitrogens with one attached hydrogen (secondary N) is 2. The minimum Gasteiger partial charge on any atom is -0.481 e. The number of likely N-dealkylation sites (tertiary alicyclic amines) is 1. The van der Waals surface area contributed by atoms with Crippen molar-refractivity contribution in [2.24, 2.45) is 0 Å². The smallest absolute Gasteiger partial charge is 0.213 e. The highest BCUT2D eigenvalue weighted by Crippen LogP contribution is 2.19. The lowest BCUT2D eigenvalue weighted by Crippen LogP contribution is -2.40. The normalized spacial score (nSPS) is 18.4. The Morgan fingerprint density at radius 3 is 3.00 bits per heavy atom. The van der Waals surface area contributed by atoms with Gasteiger partial charge in [-0.05, 0) is 50.5 Å². The predicted molar refractivity (Wildman–Crippen MR) is 99.1 cm³/mol. The summed E-state index contributed by atoms with van der Waals surface area (Å²) >= 11 is 5.32. The molecule has 1 fully saturated rings. The van der Waals surface area contributed by atoms with E-state index in [9.17, 15) is 0 Å². The maximum atomic E-state index is 5.32. The highest BCUT2D eigenvalue weighted by atomic mass is 32.1. The number of anilines is 1. The highest BCUT2D eigenvalue weighted by Gasteiger charge is 2.19. The fourth-order valence-corrected chi connectivity index (χ4v) is 3.27. The van der Waals surface area contributed by atoms with Crippen LogP contribution in [-0.4, -0.2) is 47.8 Å². The second kappa shape index (κ2) is 9.67. The molecule has 0 amide bonds. The molecule has 0 radical (unpaired) electrons. The van der Waals surface area contributed by atoms with Crippen LogP contribution in [0.5, 0.6) is 5.88 Å². The van der Waals surface area contributed by atoms with Crippen LogP contribution in [0.1, 0.15) is 39.0 Å². The Morgan fingerprint density at radius 2 is 2.30 bits per heavy atom. The Kier molecular flexibility index (Phi) is 7.55. The van der Waals surface area contributed by atoms with Crippen molar-refractivity contribution in [1.29, 1.82) is 0 Å². The third-order valence-electron chi connectivity index (χ3n) is 4.33. The SMILES string of the molecule is CC[C@@H]1CCCCN1CCCNC(=S)Nc1ccc(OC)nc1. The third kappa shape index (κ3) is 5.95. The largest absolute Gasteiger partial charge is 0.481 e. The van der Waals surface area contributed by atoms with Crippen molar-refractivity contribution < 1.29 is 4.74 Å². The van der Waals surface area contributed by atoms with Gasteiger partial charge in [0.25, 0.3) is 0 Å². The molecule has 1 aliphatic rings. The zero-order valence-electron chi connectivity index (χ0n) is 14.2. The summed E-state index contributed by atoms with van der Waals surface area (Å²) in [5, 5.41) is 7.05. The summed E-state index contributed by atoms with van der Waals surface area (Å²) in [6, 6.07) is 4.49. The van der Waals surface area contributed by atoms with Crippen molar-refractivity contribution in [3.63, 3.8) is 0 Å². The van der Waals surface area contributed by atoms with E-state index in [1.54, 1.807) is 13.3 Å². The lowest BCUT2D eigenvalue weighted by atomic mass is 10.00. The van der Waals surface area contributed by atoms with Crippen LogP contribution < -0.4 is 15.4 Å². The van der Waals surface area contributed by atoms with Gasteiger partial charge in [-0.3, -0.25) is 0 Å². The van der Waals surface area contributed by atoms with Crippen molar-refractivity contribution in [2.45, 2.75) is 45.1 Å². The second-order valence-electron chi connectivity index (χ2n) is 5.92. The number of methoxy groups -OCH3 is 1. The van der Waals surface area contributed by atoms with E-state index in [4.69, 9.17) is 17.0 Å². The number of piperidine rings is 1. The predicted octanol–water partition coefficient (Wildman–Crippen LogP) is 3.03. The van der Waals surface area contributed by atoms with Crippen molar-refractivity contribution >= 4 is 23.0 Å². The number of rotatable bonds is 7. The van der Waals surface area contributed by atoms with Gasteiger partial charge in [0.2, 0.25) is 5.88 Å². The average Bonchev–Trinajstić information content (AvgIpc) is 2.59. The molecule has 1 aliphatic heterocycles. The zero-order valence-corrected chi connectivity index (χ0v) is 15.0. The number of thiocarbonyl (C=S) groups is 1. The van der Waals surface area contributed by atoms with Crippen molar-refractivity contribution in [3.8, 4) is 5.88 Å². The van der Waals surface area contributed by atoms with Gasteiger partial charge < -0.3 is 20.3 Å². The van der Waals surface area contributed by atoms with Crippen LogP contribution >= 0.6 is 12.2 Å². The number of hydrogen-bond donors (Lipinski definition) is 2. The minimum atomic E-state index is 0.599. The van der Waals surface area contributed by atoms with Crippen molar-refractivity contribution in [1.82, 2.24) is 15.2 Å². The minimum absolute atomic E-state index is 0.599. The van der Waals surface area contributed by atoms with Crippen LogP contribution in [0.25, 0.3) is 0 Å². The molecule has 128 valence electrons. The molecule has 0 unspecified atom stereocenters. The lowest BCUT2D eigenvalue weighted by Gasteiger charge is -2.35. The number of aromatic nitrogens is 1. The Labute approximate surface area is 144 Å². The van der Waals surface area contributed by atoms with Gasteiger partial charge in [-0.1, -0.05) is 13.3 Å². The molecule has 1 aromatic rings. The average molecular weight is 337 g/mol. The first-order valence-electron chi connectivity index (χ1n) is 8.52. The van der Waals surface area contributed by atoms with Gasteiger partial charge in [-0.25, -0.2) is 4.98 Å². The van der Waals surface area contributed by atoms with Gasteiger partial charge in [0, 0.05) is 25.2 Å². The van der Waals surface area contributed by atoms with Crippen LogP contribution in [0, 0.1) is 0 Å². The number of ether oxygens (including phenoxy) is 1. The van der Waals surface area contributed by atoms with E-state index in [2.05, 4.69) is 27.4 Å². The summed E-state index contributed by atoms with van der Waals surface area (Å²) in [5.41, 5.74) is 0.866. The van der Waals surface area contributed by atoms with Gasteiger partial charge in [-0.15, -0.1) is 0 Å². The maximum Gasteiger partial charge on any atom is 0.213 e. The molecule has 0 aromatic carbocycles. The maximum absolute atomic E-state index is 5.32. The summed E-state index contributed by atoms with van der Waals surface area (Å²) in [6.07, 6.45) is 8.17. The van der Waals surface area contributed by atoms with Gasteiger partial charge >= 0.3 is 0 Å². The molecule has 1 aromatic heterocycles. The van der Waals surface area contributed by atoms with E-state index >= 15 is 0 Å². The first-order chi connectivity index (χ1) is 11.2. The quantitative estimate of drug-likeness (QED) is 0.590. The molecule has 2 N–H and O–H groups in total. The van der Waals surface area contributed by atoms with E-state index in [-0.39, 0.29) is 0 Å². The van der Waals surface area contributed by atoms with Crippen LogP contribution in [0.2, 0.25) is 0 Å². The van der Waals surface area contributed by atoms with Gasteiger partial charge in [0.1, 0.15) is 0 Å². The Balaban J connectivity index is 1.64. The summed E-state index contributed by atoms with van der Waals surface area (Å²) in [5.74, 6) is 0.599. The Morgan fingerprint density at radius 1 is 1.43 bits per heavy atom. The fourth-order valence-electron chi connectivity index (χ4n) is 3.05. The van der Waals surface area contributed by atoms with Gasteiger partial charge in [0.15, 0.2) is 5.11 Å². The molecular formula is C17H28N4OS. The molecule has 23 heavy (non-hydrogen) atoms. The van der Waals surface area contributed by atoms with Crippen LogP contribution in [0.4, 0.5) is 5.69 Å². The standard InChI is InChI=1S/C17H28N4OS/c1-3-15-7-4-5-11-21(15)12-6-10-18-17(23)20-14-8-9-16(22-2)19-13-14/h8-9,13,15H,3-7,10-12H2,1-2H3,(H2,18,20,23)/t15-/m1/s1. The fraction of sp³-hybridized carbons (Fsp3) is 0.647. The van der Waals surface area contributed by atoms with Crippen LogP contribution in [0.15, 0.2) is 18.3 Å². The Hall–Kier alpha value is -1.40. The first-order valence-corrected chi connectivity index (χ1v) is 8.92. The first kappa shape index (κ1) is 17.9. The van der Waals surface area contributed by atoms with Gasteiger partial charge in [-0.2, -0.15) is 0 Å². The monoisotopic (exact) mass is 336 g/mol. The summed E-state index contributed by atoms with van der Waals surface area (Å²) < 4.78 is 5.04. The summed E-state index contributed by atoms with van der Waals surface area (Å²) in [6.45, 7) is 5.59. The van der Waals surface area contributed by atoms with Gasteiger partial charge in [0.05, 0.1) is 19.0 Å². The molecule has 0 aliphatic carbocycles. The molecule has 0 saturated carbocycles. The summed E-state index contributed by atoms with van der Waals surface area (Å²) in [4.78, 5) is 6.78. The third-order valence-corrected chi connectivity index (χ3v) is 4.58. The molecular weight excluding hydrogens is 308 g/mol. The topological polar surface area (TPSA) is 49.4 Å². The van der Waals surface area contributed by atoms with E-state index in [1.165, 1.54) is 32.2 Å². The second-order valence-corrected chi connectivity index (χ2v) is 6.33. The van der Waals surface area contributed by atoms with Crippen LogP contribution in [0.3, 0.4) is 0 Å². The van der Waals surface area contributed by atoms with Crippen LogP contribution in [-0.2, 0) is 0 Å². The molecule has 1 atom stereocenters. The number of hydrogen-bond acceptors (Lipinski definition) is 4. The molecule has 5 nitrogen and oxygen atoms in total. The molecule has 1 saturated heterocycles. The van der Waals surface area contributed by atoms with E-state index in [0.29, 0.717) is 11.0 Å². The Bertz CT molecular complexity index is 480. The lowest BCUT2D eigenvalue weighted by molar-refractivity contribution is 0.143. The molecule has 2 heterocycles. The summed E-state index contributed by atoms with van der Waals surface area (Å²) in [7, 11) is 1.60. The molecule has 2 rings (SSSR count). The van der Waals surface area contributed by atoms with E-state index in [1.807, 2.05) is 12.1 Å². The molecule has 0 bridgehead atoms. The van der Waals surface area contributed by atoms with E-state index < -0.39 is 0 Å². The zero-order chi connectivity index (χ0) is 16.5.